The van der Waals surface area contributed by atoms with E-state index in [-0.39, 0.29) is 0 Å². The molecular formula is C8H9ClN2O. The van der Waals surface area contributed by atoms with Crippen LogP contribution in [-0.2, 0) is 4.79 Å². The molecule has 0 atom stereocenters. The molecule has 0 heterocycles. The van der Waals surface area contributed by atoms with Gasteiger partial charge in [0, 0.05) is 12.1 Å². The van der Waals surface area contributed by atoms with E-state index in [9.17, 15) is 4.79 Å². The smallest absolute Gasteiger partial charge is 0.211 e. The average Bonchev–Trinajstić information content (AvgIpc) is 2.08. The van der Waals surface area contributed by atoms with Crippen molar-refractivity contribution in [3.05, 3.63) is 23.2 Å². The van der Waals surface area contributed by atoms with Gasteiger partial charge in [-0.2, -0.15) is 0 Å². The SMILES string of the molecule is CNc1cc(Cl)ccc1NC=O. The van der Waals surface area contributed by atoms with E-state index in [1.165, 1.54) is 0 Å². The van der Waals surface area contributed by atoms with E-state index in [0.29, 0.717) is 11.4 Å². The molecule has 0 fully saturated rings. The van der Waals surface area contributed by atoms with Gasteiger partial charge in [-0.1, -0.05) is 11.6 Å². The molecule has 0 unspecified atom stereocenters. The lowest BCUT2D eigenvalue weighted by molar-refractivity contribution is -0.105. The summed E-state index contributed by atoms with van der Waals surface area (Å²) in [5.74, 6) is 0. The fourth-order valence-corrected chi connectivity index (χ4v) is 1.08. The molecule has 0 saturated heterocycles. The molecule has 4 heteroatoms. The molecule has 2 N–H and O–H groups in total. The van der Waals surface area contributed by atoms with Crippen LogP contribution in [0.1, 0.15) is 0 Å². The topological polar surface area (TPSA) is 41.1 Å². The lowest BCUT2D eigenvalue weighted by Crippen LogP contribution is -1.98. The van der Waals surface area contributed by atoms with Crippen molar-refractivity contribution in [3.8, 4) is 0 Å². The minimum absolute atomic E-state index is 0.629. The zero-order chi connectivity index (χ0) is 8.97. The zero-order valence-electron chi connectivity index (χ0n) is 6.60. The highest BCUT2D eigenvalue weighted by atomic mass is 35.5. The Morgan fingerprint density at radius 1 is 1.42 bits per heavy atom. The van der Waals surface area contributed by atoms with E-state index in [0.717, 1.165) is 11.4 Å². The Morgan fingerprint density at radius 2 is 2.17 bits per heavy atom. The van der Waals surface area contributed by atoms with Gasteiger partial charge in [-0.15, -0.1) is 0 Å². The van der Waals surface area contributed by atoms with Crippen molar-refractivity contribution in [2.45, 2.75) is 0 Å². The first-order chi connectivity index (χ1) is 5.77. The molecular weight excluding hydrogens is 176 g/mol. The van der Waals surface area contributed by atoms with Crippen LogP contribution in [0.5, 0.6) is 0 Å². The number of amides is 1. The summed E-state index contributed by atoms with van der Waals surface area (Å²) in [6, 6.07) is 5.20. The maximum atomic E-state index is 10.2. The van der Waals surface area contributed by atoms with E-state index >= 15 is 0 Å². The van der Waals surface area contributed by atoms with E-state index in [2.05, 4.69) is 10.6 Å². The predicted octanol–water partition coefficient (Wildman–Crippen LogP) is 1.95. The van der Waals surface area contributed by atoms with E-state index in [4.69, 9.17) is 11.6 Å². The second kappa shape index (κ2) is 3.97. The van der Waals surface area contributed by atoms with Crippen molar-refractivity contribution >= 4 is 29.4 Å². The Hall–Kier alpha value is -1.22. The van der Waals surface area contributed by atoms with Crippen LogP contribution < -0.4 is 10.6 Å². The number of hydrogen-bond donors (Lipinski definition) is 2. The third-order valence-electron chi connectivity index (χ3n) is 1.47. The third kappa shape index (κ3) is 1.89. The molecule has 0 saturated carbocycles. The van der Waals surface area contributed by atoms with Crippen molar-refractivity contribution in [2.75, 3.05) is 17.7 Å². The molecule has 1 aromatic rings. The van der Waals surface area contributed by atoms with Crippen LogP contribution >= 0.6 is 11.6 Å². The number of rotatable bonds is 3. The van der Waals surface area contributed by atoms with Gasteiger partial charge in [-0.3, -0.25) is 4.79 Å². The summed E-state index contributed by atoms with van der Waals surface area (Å²) in [5, 5.41) is 6.10. The standard InChI is InChI=1S/C8H9ClN2O/c1-10-8-4-6(9)2-3-7(8)11-5-12/h2-5,10H,1H3,(H,11,12). The molecule has 1 rings (SSSR count). The number of nitrogens with one attached hydrogen (secondary N) is 2. The monoisotopic (exact) mass is 184 g/mol. The molecule has 64 valence electrons. The number of halogens is 1. The van der Waals surface area contributed by atoms with Crippen LogP contribution in [0.15, 0.2) is 18.2 Å². The number of hydrogen-bond acceptors (Lipinski definition) is 2. The summed E-state index contributed by atoms with van der Waals surface area (Å²) in [4.78, 5) is 10.2. The second-order valence-corrected chi connectivity index (χ2v) is 2.64. The third-order valence-corrected chi connectivity index (χ3v) is 1.70. The van der Waals surface area contributed by atoms with Crippen molar-refractivity contribution < 1.29 is 4.79 Å². The Balaban J connectivity index is 3.01. The highest BCUT2D eigenvalue weighted by molar-refractivity contribution is 6.31. The van der Waals surface area contributed by atoms with Gasteiger partial charge < -0.3 is 10.6 Å². The molecule has 0 aromatic heterocycles. The largest absolute Gasteiger partial charge is 0.386 e. The van der Waals surface area contributed by atoms with Gasteiger partial charge in [0.2, 0.25) is 6.41 Å². The summed E-state index contributed by atoms with van der Waals surface area (Å²) in [6.07, 6.45) is 0.629. The van der Waals surface area contributed by atoms with Crippen molar-refractivity contribution in [1.82, 2.24) is 0 Å². The maximum Gasteiger partial charge on any atom is 0.211 e. The molecule has 1 amide bonds. The van der Waals surface area contributed by atoms with Crippen LogP contribution in [0.2, 0.25) is 5.02 Å². The molecule has 0 spiro atoms. The number of carbonyl (C=O) groups excluding carboxylic acids is 1. The molecule has 3 nitrogen and oxygen atoms in total. The van der Waals surface area contributed by atoms with Crippen LogP contribution in [0.4, 0.5) is 11.4 Å². The fraction of sp³-hybridized carbons (Fsp3) is 0.125. The van der Waals surface area contributed by atoms with Gasteiger partial charge in [-0.05, 0) is 18.2 Å². The van der Waals surface area contributed by atoms with E-state index < -0.39 is 0 Å². The summed E-state index contributed by atoms with van der Waals surface area (Å²) < 4.78 is 0. The van der Waals surface area contributed by atoms with Gasteiger partial charge >= 0.3 is 0 Å². The predicted molar refractivity (Wildman–Crippen MR) is 50.7 cm³/mol. The Morgan fingerprint density at radius 3 is 2.75 bits per heavy atom. The van der Waals surface area contributed by atoms with Crippen LogP contribution in [-0.4, -0.2) is 13.5 Å². The molecule has 0 aliphatic rings. The summed E-state index contributed by atoms with van der Waals surface area (Å²) >= 11 is 5.74. The first kappa shape index (κ1) is 8.87. The van der Waals surface area contributed by atoms with Gasteiger partial charge in [0.25, 0.3) is 0 Å². The van der Waals surface area contributed by atoms with Gasteiger partial charge in [0.15, 0.2) is 0 Å². The second-order valence-electron chi connectivity index (χ2n) is 2.20. The summed E-state index contributed by atoms with van der Waals surface area (Å²) in [7, 11) is 1.77. The molecule has 0 bridgehead atoms. The van der Waals surface area contributed by atoms with Crippen molar-refractivity contribution in [2.24, 2.45) is 0 Å². The number of benzene rings is 1. The number of carbonyl (C=O) groups is 1. The van der Waals surface area contributed by atoms with Gasteiger partial charge in [0.1, 0.15) is 0 Å². The highest BCUT2D eigenvalue weighted by Gasteiger charge is 1.99. The average molecular weight is 185 g/mol. The molecule has 12 heavy (non-hydrogen) atoms. The first-order valence-electron chi connectivity index (χ1n) is 3.45. The lowest BCUT2D eigenvalue weighted by atomic mass is 10.2. The minimum atomic E-state index is 0.629. The zero-order valence-corrected chi connectivity index (χ0v) is 7.35. The minimum Gasteiger partial charge on any atom is -0.386 e. The first-order valence-corrected chi connectivity index (χ1v) is 3.83. The van der Waals surface area contributed by atoms with Gasteiger partial charge in [-0.25, -0.2) is 0 Å². The summed E-state index contributed by atoms with van der Waals surface area (Å²) in [6.45, 7) is 0. The molecule has 0 radical (unpaired) electrons. The van der Waals surface area contributed by atoms with E-state index in [1.807, 2.05) is 0 Å². The lowest BCUT2D eigenvalue weighted by Gasteiger charge is -2.07. The Labute approximate surface area is 75.7 Å². The van der Waals surface area contributed by atoms with Crippen molar-refractivity contribution in [1.29, 1.82) is 0 Å². The Kier molecular flexibility index (Phi) is 2.94. The van der Waals surface area contributed by atoms with Crippen LogP contribution in [0.25, 0.3) is 0 Å². The van der Waals surface area contributed by atoms with Crippen LogP contribution in [0, 0.1) is 0 Å². The number of anilines is 2. The summed E-state index contributed by atoms with van der Waals surface area (Å²) in [5.41, 5.74) is 1.52. The molecule has 0 aliphatic heterocycles. The Bertz CT molecular complexity index is 288. The fourth-order valence-electron chi connectivity index (χ4n) is 0.913. The van der Waals surface area contributed by atoms with Gasteiger partial charge in [0.05, 0.1) is 11.4 Å². The molecule has 1 aromatic carbocycles. The normalized spacial score (nSPS) is 9.17. The quantitative estimate of drug-likeness (QED) is 0.705. The molecule has 0 aliphatic carbocycles. The van der Waals surface area contributed by atoms with E-state index in [1.54, 1.807) is 25.2 Å². The maximum absolute atomic E-state index is 10.2. The van der Waals surface area contributed by atoms with Crippen molar-refractivity contribution in [3.63, 3.8) is 0 Å². The van der Waals surface area contributed by atoms with Crippen LogP contribution in [0.3, 0.4) is 0 Å². The highest BCUT2D eigenvalue weighted by Crippen LogP contribution is 2.24.